The molecular weight excluding hydrogens is 170 g/mol. The van der Waals surface area contributed by atoms with E-state index in [-0.39, 0.29) is 5.41 Å². The summed E-state index contributed by atoms with van der Waals surface area (Å²) in [5.74, 6) is 6.19. The quantitative estimate of drug-likeness (QED) is 0.445. The monoisotopic (exact) mass is 191 g/mol. The van der Waals surface area contributed by atoms with Crippen molar-refractivity contribution in [3.8, 4) is 11.8 Å². The maximum Gasteiger partial charge on any atom is 0.0714 e. The van der Waals surface area contributed by atoms with E-state index >= 15 is 0 Å². The molecule has 0 aliphatic heterocycles. The van der Waals surface area contributed by atoms with Crippen LogP contribution in [0, 0.1) is 17.3 Å². The van der Waals surface area contributed by atoms with Crippen LogP contribution in [0.5, 0.6) is 0 Å². The van der Waals surface area contributed by atoms with Crippen molar-refractivity contribution in [2.75, 3.05) is 0 Å². The van der Waals surface area contributed by atoms with Gasteiger partial charge in [-0.3, -0.25) is 4.99 Å². The standard InChI is InChI=1S/C13H21N/c1-13(2,3)10-7-11-14-12-8-5-4-6-9-12/h11-12H,4-6,8-9H2,1-3H3. The Bertz CT molecular complexity index is 241. The zero-order chi connectivity index (χ0) is 10.4. The first-order valence-electron chi connectivity index (χ1n) is 5.62. The molecule has 78 valence electrons. The van der Waals surface area contributed by atoms with Crippen molar-refractivity contribution >= 4 is 6.21 Å². The molecule has 0 aromatic carbocycles. The Labute approximate surface area is 88.0 Å². The Hall–Kier alpha value is -0.770. The summed E-state index contributed by atoms with van der Waals surface area (Å²) in [7, 11) is 0. The maximum atomic E-state index is 4.49. The Morgan fingerprint density at radius 3 is 2.36 bits per heavy atom. The molecule has 0 aromatic heterocycles. The molecule has 0 radical (unpaired) electrons. The van der Waals surface area contributed by atoms with E-state index in [1.807, 2.05) is 0 Å². The topological polar surface area (TPSA) is 12.4 Å². The van der Waals surface area contributed by atoms with Gasteiger partial charge < -0.3 is 0 Å². The highest BCUT2D eigenvalue weighted by Gasteiger charge is 2.10. The van der Waals surface area contributed by atoms with Crippen molar-refractivity contribution in [3.05, 3.63) is 0 Å². The van der Waals surface area contributed by atoms with Gasteiger partial charge in [-0.15, -0.1) is 0 Å². The molecule has 1 saturated carbocycles. The molecule has 1 fully saturated rings. The van der Waals surface area contributed by atoms with Gasteiger partial charge in [0.1, 0.15) is 0 Å². The summed E-state index contributed by atoms with van der Waals surface area (Å²) in [5.41, 5.74) is 0.0958. The van der Waals surface area contributed by atoms with E-state index in [0.717, 1.165) is 0 Å². The molecule has 0 aromatic rings. The molecule has 0 heterocycles. The number of rotatable bonds is 1. The van der Waals surface area contributed by atoms with E-state index < -0.39 is 0 Å². The van der Waals surface area contributed by atoms with Crippen LogP contribution in [0.2, 0.25) is 0 Å². The summed E-state index contributed by atoms with van der Waals surface area (Å²) in [5, 5.41) is 0. The van der Waals surface area contributed by atoms with Gasteiger partial charge in [0.25, 0.3) is 0 Å². The van der Waals surface area contributed by atoms with Gasteiger partial charge in [0.2, 0.25) is 0 Å². The third kappa shape index (κ3) is 5.07. The second-order valence-corrected chi connectivity index (χ2v) is 5.09. The predicted octanol–water partition coefficient (Wildman–Crippen LogP) is 3.44. The summed E-state index contributed by atoms with van der Waals surface area (Å²) >= 11 is 0. The molecule has 0 bridgehead atoms. The van der Waals surface area contributed by atoms with Gasteiger partial charge in [0.05, 0.1) is 12.3 Å². The minimum Gasteiger partial charge on any atom is -0.281 e. The van der Waals surface area contributed by atoms with Crippen LogP contribution >= 0.6 is 0 Å². The molecule has 0 atom stereocenters. The van der Waals surface area contributed by atoms with Gasteiger partial charge in [-0.25, -0.2) is 0 Å². The van der Waals surface area contributed by atoms with Crippen LogP contribution in [0.1, 0.15) is 52.9 Å². The molecule has 1 rings (SSSR count). The van der Waals surface area contributed by atoms with Gasteiger partial charge in [0.15, 0.2) is 0 Å². The smallest absolute Gasteiger partial charge is 0.0714 e. The molecule has 14 heavy (non-hydrogen) atoms. The second-order valence-electron chi connectivity index (χ2n) is 5.09. The highest BCUT2D eigenvalue weighted by molar-refractivity contribution is 5.78. The number of nitrogens with zero attached hydrogens (tertiary/aromatic N) is 1. The van der Waals surface area contributed by atoms with Gasteiger partial charge in [0, 0.05) is 5.41 Å². The van der Waals surface area contributed by atoms with E-state index in [1.165, 1.54) is 32.1 Å². The average Bonchev–Trinajstić information content (AvgIpc) is 2.13. The fourth-order valence-corrected chi connectivity index (χ4v) is 1.62. The van der Waals surface area contributed by atoms with Gasteiger partial charge in [-0.05, 0) is 33.6 Å². The molecule has 0 N–H and O–H groups in total. The lowest BCUT2D eigenvalue weighted by Crippen LogP contribution is -2.09. The molecule has 0 saturated heterocycles. The fraction of sp³-hybridized carbons (Fsp3) is 0.769. The lowest BCUT2D eigenvalue weighted by molar-refractivity contribution is 0.444. The molecule has 0 spiro atoms. The molecule has 1 heteroatoms. The van der Waals surface area contributed by atoms with Crippen LogP contribution in [0.25, 0.3) is 0 Å². The number of hydrogen-bond donors (Lipinski definition) is 0. The third-order valence-electron chi connectivity index (χ3n) is 2.37. The van der Waals surface area contributed by atoms with Crippen LogP contribution < -0.4 is 0 Å². The highest BCUT2D eigenvalue weighted by atomic mass is 14.8. The van der Waals surface area contributed by atoms with Crippen LogP contribution in [-0.2, 0) is 0 Å². The van der Waals surface area contributed by atoms with Crippen molar-refractivity contribution in [3.63, 3.8) is 0 Å². The summed E-state index contributed by atoms with van der Waals surface area (Å²) in [6.07, 6.45) is 8.39. The largest absolute Gasteiger partial charge is 0.281 e. The van der Waals surface area contributed by atoms with Gasteiger partial charge in [-0.2, -0.15) is 0 Å². The Balaban J connectivity index is 2.34. The average molecular weight is 191 g/mol. The minimum absolute atomic E-state index is 0.0958. The molecule has 1 aliphatic rings. The molecule has 0 amide bonds. The van der Waals surface area contributed by atoms with Crippen LogP contribution in [0.15, 0.2) is 4.99 Å². The summed E-state index contributed by atoms with van der Waals surface area (Å²) in [6, 6.07) is 0.554. The minimum atomic E-state index is 0.0958. The van der Waals surface area contributed by atoms with Crippen molar-refractivity contribution in [1.82, 2.24) is 0 Å². The van der Waals surface area contributed by atoms with Crippen molar-refractivity contribution < 1.29 is 0 Å². The first-order chi connectivity index (χ1) is 6.58. The van der Waals surface area contributed by atoms with Crippen molar-refractivity contribution in [2.24, 2.45) is 10.4 Å². The summed E-state index contributed by atoms with van der Waals surface area (Å²) < 4.78 is 0. The zero-order valence-electron chi connectivity index (χ0n) is 9.64. The van der Waals surface area contributed by atoms with E-state index in [0.29, 0.717) is 6.04 Å². The molecular formula is C13H21N. The van der Waals surface area contributed by atoms with E-state index in [2.05, 4.69) is 37.6 Å². The number of aliphatic imine (C=N–C) groups is 1. The van der Waals surface area contributed by atoms with Crippen LogP contribution in [0.4, 0.5) is 0 Å². The zero-order valence-corrected chi connectivity index (χ0v) is 9.64. The Kier molecular flexibility index (Phi) is 4.20. The highest BCUT2D eigenvalue weighted by Crippen LogP contribution is 2.19. The van der Waals surface area contributed by atoms with Crippen LogP contribution in [0.3, 0.4) is 0 Å². The Morgan fingerprint density at radius 1 is 1.14 bits per heavy atom. The first-order valence-corrected chi connectivity index (χ1v) is 5.62. The number of hydrogen-bond acceptors (Lipinski definition) is 1. The van der Waals surface area contributed by atoms with E-state index in [9.17, 15) is 0 Å². The predicted molar refractivity (Wildman–Crippen MR) is 62.6 cm³/mol. The lowest BCUT2D eigenvalue weighted by atomic mass is 9.96. The second kappa shape index (κ2) is 5.20. The maximum absolute atomic E-state index is 4.49. The van der Waals surface area contributed by atoms with E-state index in [4.69, 9.17) is 0 Å². The lowest BCUT2D eigenvalue weighted by Gasteiger charge is -2.16. The first kappa shape index (κ1) is 11.3. The molecule has 0 unspecified atom stereocenters. The normalized spacial score (nSPS) is 19.4. The van der Waals surface area contributed by atoms with Crippen LogP contribution in [-0.4, -0.2) is 12.3 Å². The Morgan fingerprint density at radius 2 is 1.79 bits per heavy atom. The molecule has 1 nitrogen and oxygen atoms in total. The third-order valence-corrected chi connectivity index (χ3v) is 2.37. The van der Waals surface area contributed by atoms with Crippen molar-refractivity contribution in [2.45, 2.75) is 58.9 Å². The van der Waals surface area contributed by atoms with Crippen molar-refractivity contribution in [1.29, 1.82) is 0 Å². The van der Waals surface area contributed by atoms with Gasteiger partial charge in [-0.1, -0.05) is 31.1 Å². The van der Waals surface area contributed by atoms with Gasteiger partial charge >= 0.3 is 0 Å². The van der Waals surface area contributed by atoms with E-state index in [1.54, 1.807) is 6.21 Å². The molecule has 1 aliphatic carbocycles. The fourth-order valence-electron chi connectivity index (χ4n) is 1.62. The SMILES string of the molecule is CC(C)(C)C#CC=NC1CCCCC1. The summed E-state index contributed by atoms with van der Waals surface area (Å²) in [4.78, 5) is 4.49. The summed E-state index contributed by atoms with van der Waals surface area (Å²) in [6.45, 7) is 6.36.